The molecule has 2 aromatic rings. The van der Waals surface area contributed by atoms with E-state index in [2.05, 4.69) is 25.9 Å². The van der Waals surface area contributed by atoms with Crippen LogP contribution in [-0.2, 0) is 5.75 Å². The number of H-pyrrole nitrogens is 1. The second-order valence-corrected chi connectivity index (χ2v) is 5.29. The number of hydrogen-bond donors (Lipinski definition) is 1. The largest absolute Gasteiger partial charge is 0.301 e. The van der Waals surface area contributed by atoms with Crippen molar-refractivity contribution in [1.29, 1.82) is 0 Å². The lowest BCUT2D eigenvalue weighted by molar-refractivity contribution is -0.385. The molecule has 0 fully saturated rings. The molecule has 0 aliphatic rings. The molecule has 0 aliphatic carbocycles. The quantitative estimate of drug-likeness (QED) is 0.399. The maximum Gasteiger partial charge on any atom is 0.283 e. The van der Waals surface area contributed by atoms with Gasteiger partial charge < -0.3 is 4.98 Å². The fourth-order valence-electron chi connectivity index (χ4n) is 1.39. The number of aromatic amines is 1. The number of aromatic nitrogens is 2. The highest BCUT2D eigenvalue weighted by molar-refractivity contribution is 9.10. The number of halogens is 1. The minimum atomic E-state index is -0.444. The van der Waals surface area contributed by atoms with E-state index >= 15 is 0 Å². The topological polar surface area (TPSA) is 88.9 Å². The van der Waals surface area contributed by atoms with Crippen molar-refractivity contribution in [3.8, 4) is 0 Å². The van der Waals surface area contributed by atoms with E-state index < -0.39 is 4.92 Å². The zero-order valence-electron chi connectivity index (χ0n) is 9.50. The molecule has 1 aromatic carbocycles. The number of rotatable bonds is 4. The van der Waals surface area contributed by atoms with E-state index in [1.54, 1.807) is 12.1 Å². The monoisotopic (exact) mass is 341 g/mol. The van der Waals surface area contributed by atoms with E-state index in [0.29, 0.717) is 15.4 Å². The molecule has 0 unspecified atom stereocenters. The van der Waals surface area contributed by atoms with Gasteiger partial charge in [0.2, 0.25) is 0 Å². The van der Waals surface area contributed by atoms with Crippen LogP contribution < -0.4 is 5.56 Å². The molecule has 1 aromatic heterocycles. The van der Waals surface area contributed by atoms with E-state index in [9.17, 15) is 14.9 Å². The molecule has 8 heteroatoms. The fraction of sp³-hybridized carbons (Fsp3) is 0.0909. The van der Waals surface area contributed by atoms with Gasteiger partial charge in [0.25, 0.3) is 11.2 Å². The van der Waals surface area contributed by atoms with Crippen molar-refractivity contribution in [2.45, 2.75) is 10.9 Å². The highest BCUT2D eigenvalue weighted by Gasteiger charge is 2.14. The summed E-state index contributed by atoms with van der Waals surface area (Å²) in [6.07, 6.45) is 1.42. The Morgan fingerprint density at radius 2 is 2.21 bits per heavy atom. The van der Waals surface area contributed by atoms with E-state index in [1.165, 1.54) is 30.1 Å². The SMILES string of the molecule is O=c1ccnc(SCc2cccc([N+](=O)[O-])c2Br)[nH]1. The minimum absolute atomic E-state index is 0.0209. The summed E-state index contributed by atoms with van der Waals surface area (Å²) in [5.41, 5.74) is 0.564. The van der Waals surface area contributed by atoms with Crippen LogP contribution in [0.3, 0.4) is 0 Å². The second kappa shape index (κ2) is 5.98. The van der Waals surface area contributed by atoms with Gasteiger partial charge in [-0.1, -0.05) is 23.9 Å². The van der Waals surface area contributed by atoms with Gasteiger partial charge in [0, 0.05) is 24.1 Å². The molecule has 0 saturated heterocycles. The maximum absolute atomic E-state index is 11.1. The van der Waals surface area contributed by atoms with Crippen molar-refractivity contribution in [2.75, 3.05) is 0 Å². The van der Waals surface area contributed by atoms with Crippen LogP contribution in [0.25, 0.3) is 0 Å². The molecule has 0 bridgehead atoms. The lowest BCUT2D eigenvalue weighted by atomic mass is 10.2. The highest BCUT2D eigenvalue weighted by atomic mass is 79.9. The van der Waals surface area contributed by atoms with Crippen molar-refractivity contribution in [3.63, 3.8) is 0 Å². The summed E-state index contributed by atoms with van der Waals surface area (Å²) in [5, 5.41) is 11.3. The van der Waals surface area contributed by atoms with Crippen LogP contribution in [0.2, 0.25) is 0 Å². The molecule has 0 aliphatic heterocycles. The Kier molecular flexibility index (Phi) is 4.33. The van der Waals surface area contributed by atoms with Crippen LogP contribution in [0.1, 0.15) is 5.56 Å². The van der Waals surface area contributed by atoms with E-state index in [1.807, 2.05) is 0 Å². The number of hydrogen-bond acceptors (Lipinski definition) is 5. The summed E-state index contributed by atoms with van der Waals surface area (Å²) in [7, 11) is 0. The van der Waals surface area contributed by atoms with Crippen molar-refractivity contribution >= 4 is 33.4 Å². The van der Waals surface area contributed by atoms with E-state index in [-0.39, 0.29) is 11.2 Å². The van der Waals surface area contributed by atoms with E-state index in [4.69, 9.17) is 0 Å². The molecule has 98 valence electrons. The average molecular weight is 342 g/mol. The lowest BCUT2D eigenvalue weighted by Gasteiger charge is -2.04. The van der Waals surface area contributed by atoms with Gasteiger partial charge in [0.1, 0.15) is 0 Å². The first kappa shape index (κ1) is 13.8. The number of nitro groups is 1. The van der Waals surface area contributed by atoms with Crippen molar-refractivity contribution < 1.29 is 4.92 Å². The molecular formula is C11H8BrN3O3S. The molecule has 0 saturated carbocycles. The predicted molar refractivity (Wildman–Crippen MR) is 75.2 cm³/mol. The first-order valence-electron chi connectivity index (χ1n) is 5.18. The van der Waals surface area contributed by atoms with Gasteiger partial charge >= 0.3 is 0 Å². The van der Waals surface area contributed by atoms with Gasteiger partial charge in [0.05, 0.1) is 9.40 Å². The molecule has 1 heterocycles. The third kappa shape index (κ3) is 3.42. The fourth-order valence-corrected chi connectivity index (χ4v) is 2.97. The third-order valence-corrected chi connectivity index (χ3v) is 4.12. The van der Waals surface area contributed by atoms with Crippen LogP contribution in [0, 0.1) is 10.1 Å². The lowest BCUT2D eigenvalue weighted by Crippen LogP contribution is -2.05. The Balaban J connectivity index is 2.18. The van der Waals surface area contributed by atoms with Gasteiger partial charge in [-0.15, -0.1) is 0 Å². The van der Waals surface area contributed by atoms with Crippen molar-refractivity contribution in [1.82, 2.24) is 9.97 Å². The molecule has 19 heavy (non-hydrogen) atoms. The maximum atomic E-state index is 11.1. The molecule has 1 N–H and O–H groups in total. The molecule has 0 radical (unpaired) electrons. The number of nitrogens with zero attached hydrogens (tertiary/aromatic N) is 2. The minimum Gasteiger partial charge on any atom is -0.301 e. The van der Waals surface area contributed by atoms with Gasteiger partial charge in [0.15, 0.2) is 5.16 Å². The summed E-state index contributed by atoms with van der Waals surface area (Å²) < 4.78 is 0.450. The summed E-state index contributed by atoms with van der Waals surface area (Å²) in [6, 6.07) is 6.17. The molecule has 0 atom stereocenters. The Morgan fingerprint density at radius 3 is 2.89 bits per heavy atom. The molecule has 6 nitrogen and oxygen atoms in total. The zero-order valence-corrected chi connectivity index (χ0v) is 11.9. The second-order valence-electron chi connectivity index (χ2n) is 3.54. The van der Waals surface area contributed by atoms with Crippen LogP contribution in [-0.4, -0.2) is 14.9 Å². The van der Waals surface area contributed by atoms with Gasteiger partial charge in [-0.05, 0) is 21.5 Å². The van der Waals surface area contributed by atoms with Crippen molar-refractivity contribution in [3.05, 3.63) is 61.0 Å². The molecule has 0 amide bonds. The Bertz CT molecular complexity index is 674. The highest BCUT2D eigenvalue weighted by Crippen LogP contribution is 2.31. The van der Waals surface area contributed by atoms with Crippen LogP contribution in [0.5, 0.6) is 0 Å². The average Bonchev–Trinajstić information content (AvgIpc) is 2.37. The predicted octanol–water partition coefficient (Wildman–Crippen LogP) is 2.73. The Labute approximate surface area is 120 Å². The summed E-state index contributed by atoms with van der Waals surface area (Å²) >= 11 is 4.53. The molecular weight excluding hydrogens is 334 g/mol. The van der Waals surface area contributed by atoms with Gasteiger partial charge in [-0.25, -0.2) is 4.98 Å². The third-order valence-electron chi connectivity index (χ3n) is 2.27. The van der Waals surface area contributed by atoms with Crippen molar-refractivity contribution in [2.24, 2.45) is 0 Å². The number of nitro benzene ring substituents is 1. The zero-order chi connectivity index (χ0) is 13.8. The van der Waals surface area contributed by atoms with E-state index in [0.717, 1.165) is 5.56 Å². The van der Waals surface area contributed by atoms with Crippen LogP contribution in [0.15, 0.2) is 44.9 Å². The molecule has 2 rings (SSSR count). The van der Waals surface area contributed by atoms with Crippen LogP contribution in [0.4, 0.5) is 5.69 Å². The first-order chi connectivity index (χ1) is 9.08. The summed E-state index contributed by atoms with van der Waals surface area (Å²) in [4.78, 5) is 28.0. The van der Waals surface area contributed by atoms with Gasteiger partial charge in [-0.3, -0.25) is 14.9 Å². The van der Waals surface area contributed by atoms with Gasteiger partial charge in [-0.2, -0.15) is 0 Å². The number of benzene rings is 1. The van der Waals surface area contributed by atoms with Crippen LogP contribution >= 0.6 is 27.7 Å². The number of thioether (sulfide) groups is 1. The first-order valence-corrected chi connectivity index (χ1v) is 6.95. The smallest absolute Gasteiger partial charge is 0.283 e. The standard InChI is InChI=1S/C11H8BrN3O3S/c12-10-7(2-1-3-8(10)15(17)18)6-19-11-13-5-4-9(16)14-11/h1-5H,6H2,(H,13,14,16). The Hall–Kier alpha value is -1.67. The summed E-state index contributed by atoms with van der Waals surface area (Å²) in [6.45, 7) is 0. The Morgan fingerprint density at radius 1 is 1.42 bits per heavy atom. The molecule has 0 spiro atoms. The summed E-state index contributed by atoms with van der Waals surface area (Å²) in [5.74, 6) is 0.467. The normalized spacial score (nSPS) is 10.4. The number of nitrogens with one attached hydrogen (secondary N) is 1.